The maximum Gasteiger partial charge on any atom is 0.358 e. The van der Waals surface area contributed by atoms with Crippen LogP contribution in [-0.4, -0.2) is 28.8 Å². The summed E-state index contributed by atoms with van der Waals surface area (Å²) in [6.07, 6.45) is 1.36. The molecule has 0 spiro atoms. The predicted molar refractivity (Wildman–Crippen MR) is 97.0 cm³/mol. The summed E-state index contributed by atoms with van der Waals surface area (Å²) in [5.74, 6) is -0.0237. The molecule has 3 aromatic rings. The molecule has 0 saturated heterocycles. The molecule has 0 aliphatic carbocycles. The molecule has 9 heteroatoms. The number of amides is 1. The minimum atomic E-state index is -0.611. The van der Waals surface area contributed by atoms with Crippen LogP contribution in [0.15, 0.2) is 47.0 Å². The van der Waals surface area contributed by atoms with Gasteiger partial charge in [-0.25, -0.2) is 4.79 Å². The van der Waals surface area contributed by atoms with Gasteiger partial charge in [-0.3, -0.25) is 9.48 Å². The number of ether oxygens (including phenoxy) is 2. The van der Waals surface area contributed by atoms with E-state index in [4.69, 9.17) is 20.8 Å². The number of furan rings is 1. The summed E-state index contributed by atoms with van der Waals surface area (Å²) in [6.45, 7) is 0.133. The number of methoxy groups -OCH3 is 1. The van der Waals surface area contributed by atoms with E-state index in [1.807, 2.05) is 0 Å². The van der Waals surface area contributed by atoms with Crippen LogP contribution in [0.2, 0.25) is 5.02 Å². The molecule has 0 aliphatic heterocycles. The van der Waals surface area contributed by atoms with Gasteiger partial charge in [0.1, 0.15) is 18.1 Å². The Morgan fingerprint density at radius 3 is 2.85 bits per heavy atom. The van der Waals surface area contributed by atoms with Crippen molar-refractivity contribution in [2.45, 2.75) is 6.61 Å². The third-order valence-electron chi connectivity index (χ3n) is 3.63. The van der Waals surface area contributed by atoms with Gasteiger partial charge in [-0.05, 0) is 30.3 Å². The number of nitrogens with zero attached hydrogens (tertiary/aromatic N) is 2. The van der Waals surface area contributed by atoms with Crippen molar-refractivity contribution in [3.05, 3.63) is 64.8 Å². The Kier molecular flexibility index (Phi) is 5.46. The SMILES string of the molecule is COC(=O)c1c(NC(=O)c2ccc(COc3cccc(Cl)c3)o2)cnn1C. The number of esters is 1. The number of halogens is 1. The molecular weight excluding hydrogens is 374 g/mol. The number of rotatable bonds is 6. The first-order chi connectivity index (χ1) is 13.0. The minimum Gasteiger partial charge on any atom is -0.486 e. The molecule has 1 aromatic carbocycles. The highest BCUT2D eigenvalue weighted by Gasteiger charge is 2.21. The van der Waals surface area contributed by atoms with E-state index in [9.17, 15) is 9.59 Å². The molecule has 0 unspecified atom stereocenters. The minimum absolute atomic E-state index is 0.0689. The first-order valence-electron chi connectivity index (χ1n) is 7.86. The van der Waals surface area contributed by atoms with Crippen LogP contribution in [0, 0.1) is 0 Å². The number of carbonyl (C=O) groups is 2. The summed E-state index contributed by atoms with van der Waals surface area (Å²) in [6, 6.07) is 10.1. The number of hydrogen-bond acceptors (Lipinski definition) is 6. The van der Waals surface area contributed by atoms with Crippen molar-refractivity contribution < 1.29 is 23.5 Å². The first-order valence-corrected chi connectivity index (χ1v) is 8.24. The second-order valence-electron chi connectivity index (χ2n) is 5.49. The van der Waals surface area contributed by atoms with Crippen LogP contribution in [-0.2, 0) is 18.4 Å². The molecule has 0 aliphatic rings. The molecule has 27 heavy (non-hydrogen) atoms. The number of hydrogen-bond donors (Lipinski definition) is 1. The van der Waals surface area contributed by atoms with Crippen LogP contribution in [0.3, 0.4) is 0 Å². The summed E-state index contributed by atoms with van der Waals surface area (Å²) in [7, 11) is 2.82. The summed E-state index contributed by atoms with van der Waals surface area (Å²) in [4.78, 5) is 24.2. The van der Waals surface area contributed by atoms with Gasteiger partial charge in [0.15, 0.2) is 11.5 Å². The largest absolute Gasteiger partial charge is 0.486 e. The topological polar surface area (TPSA) is 95.6 Å². The van der Waals surface area contributed by atoms with Crippen molar-refractivity contribution in [1.82, 2.24) is 9.78 Å². The Bertz CT molecular complexity index is 979. The van der Waals surface area contributed by atoms with Crippen LogP contribution >= 0.6 is 11.6 Å². The fourth-order valence-electron chi connectivity index (χ4n) is 2.34. The lowest BCUT2D eigenvalue weighted by molar-refractivity contribution is 0.0589. The number of nitrogens with one attached hydrogen (secondary N) is 1. The monoisotopic (exact) mass is 389 g/mol. The van der Waals surface area contributed by atoms with Gasteiger partial charge >= 0.3 is 5.97 Å². The summed E-state index contributed by atoms with van der Waals surface area (Å²) >= 11 is 5.90. The summed E-state index contributed by atoms with van der Waals surface area (Å²) in [5, 5.41) is 7.09. The maximum atomic E-state index is 12.4. The van der Waals surface area contributed by atoms with Gasteiger partial charge in [0.25, 0.3) is 5.91 Å². The third kappa shape index (κ3) is 4.29. The highest BCUT2D eigenvalue weighted by atomic mass is 35.5. The number of benzene rings is 1. The number of aromatic nitrogens is 2. The van der Waals surface area contributed by atoms with E-state index in [1.54, 1.807) is 37.4 Å². The van der Waals surface area contributed by atoms with Crippen LogP contribution in [0.1, 0.15) is 26.8 Å². The van der Waals surface area contributed by atoms with Crippen molar-refractivity contribution in [3.8, 4) is 5.75 Å². The Morgan fingerprint density at radius 1 is 1.30 bits per heavy atom. The molecule has 2 aromatic heterocycles. The van der Waals surface area contributed by atoms with Crippen molar-refractivity contribution in [2.24, 2.45) is 7.05 Å². The molecule has 0 fully saturated rings. The van der Waals surface area contributed by atoms with Gasteiger partial charge in [-0.1, -0.05) is 17.7 Å². The van der Waals surface area contributed by atoms with Gasteiger partial charge in [-0.2, -0.15) is 5.10 Å². The Labute approximate surface area is 159 Å². The fraction of sp³-hybridized carbons (Fsp3) is 0.167. The van der Waals surface area contributed by atoms with E-state index in [-0.39, 0.29) is 23.7 Å². The normalized spacial score (nSPS) is 10.5. The molecular formula is C18H16ClN3O5. The zero-order valence-electron chi connectivity index (χ0n) is 14.6. The van der Waals surface area contributed by atoms with E-state index in [0.717, 1.165) is 0 Å². The van der Waals surface area contributed by atoms with E-state index < -0.39 is 11.9 Å². The Hall–Kier alpha value is -3.26. The number of carbonyl (C=O) groups excluding carboxylic acids is 2. The molecule has 8 nitrogen and oxygen atoms in total. The van der Waals surface area contributed by atoms with Gasteiger partial charge in [0.05, 0.1) is 19.0 Å². The van der Waals surface area contributed by atoms with Gasteiger partial charge in [-0.15, -0.1) is 0 Å². The van der Waals surface area contributed by atoms with Crippen LogP contribution in [0.25, 0.3) is 0 Å². The van der Waals surface area contributed by atoms with Crippen molar-refractivity contribution in [2.75, 3.05) is 12.4 Å². The van der Waals surface area contributed by atoms with Crippen molar-refractivity contribution in [1.29, 1.82) is 0 Å². The van der Waals surface area contributed by atoms with Crippen molar-refractivity contribution >= 4 is 29.2 Å². The highest BCUT2D eigenvalue weighted by Crippen LogP contribution is 2.20. The zero-order chi connectivity index (χ0) is 19.4. The van der Waals surface area contributed by atoms with E-state index in [2.05, 4.69) is 15.2 Å². The molecule has 2 heterocycles. The number of anilines is 1. The molecule has 1 amide bonds. The fourth-order valence-corrected chi connectivity index (χ4v) is 2.52. The van der Waals surface area contributed by atoms with Gasteiger partial charge in [0, 0.05) is 12.1 Å². The Balaban J connectivity index is 1.66. The maximum absolute atomic E-state index is 12.4. The summed E-state index contributed by atoms with van der Waals surface area (Å²) < 4.78 is 17.1. The quantitative estimate of drug-likeness (QED) is 0.650. The second-order valence-corrected chi connectivity index (χ2v) is 5.92. The van der Waals surface area contributed by atoms with Gasteiger partial charge < -0.3 is 19.2 Å². The molecule has 0 atom stereocenters. The molecule has 0 radical (unpaired) electrons. The van der Waals surface area contributed by atoms with Gasteiger partial charge in [0.2, 0.25) is 0 Å². The van der Waals surface area contributed by atoms with E-state index >= 15 is 0 Å². The standard InChI is InChI=1S/C18H16ClN3O5/c1-22-16(18(24)25-2)14(9-20-22)21-17(23)15-7-6-13(27-15)10-26-12-5-3-4-11(19)8-12/h3-9H,10H2,1-2H3,(H,21,23). The lowest BCUT2D eigenvalue weighted by atomic mass is 10.3. The molecule has 0 saturated carbocycles. The van der Waals surface area contributed by atoms with Crippen molar-refractivity contribution in [3.63, 3.8) is 0 Å². The second kappa shape index (κ2) is 7.96. The van der Waals surface area contributed by atoms with E-state index in [1.165, 1.54) is 24.1 Å². The molecule has 0 bridgehead atoms. The lowest BCUT2D eigenvalue weighted by Crippen LogP contribution is -2.16. The highest BCUT2D eigenvalue weighted by molar-refractivity contribution is 6.30. The molecule has 1 N–H and O–H groups in total. The lowest BCUT2D eigenvalue weighted by Gasteiger charge is -2.05. The Morgan fingerprint density at radius 2 is 2.11 bits per heavy atom. The molecule has 140 valence electrons. The summed E-state index contributed by atoms with van der Waals surface area (Å²) in [5.41, 5.74) is 0.351. The van der Waals surface area contributed by atoms with Crippen LogP contribution in [0.5, 0.6) is 5.75 Å². The first kappa shape index (κ1) is 18.5. The number of aryl methyl sites for hydroxylation is 1. The zero-order valence-corrected chi connectivity index (χ0v) is 15.3. The molecule has 3 rings (SSSR count). The third-order valence-corrected chi connectivity index (χ3v) is 3.86. The smallest absolute Gasteiger partial charge is 0.358 e. The average molecular weight is 390 g/mol. The average Bonchev–Trinajstić information content (AvgIpc) is 3.26. The van der Waals surface area contributed by atoms with Crippen LogP contribution < -0.4 is 10.1 Å². The van der Waals surface area contributed by atoms with Crippen LogP contribution in [0.4, 0.5) is 5.69 Å². The van der Waals surface area contributed by atoms with E-state index in [0.29, 0.717) is 16.5 Å². The predicted octanol–water partition coefficient (Wildman–Crippen LogP) is 3.28.